The monoisotopic (exact) mass is 366 g/mol. The van der Waals surface area contributed by atoms with Crippen LogP contribution in [0, 0.1) is 3.57 Å². The van der Waals surface area contributed by atoms with Gasteiger partial charge in [0.2, 0.25) is 0 Å². The first-order valence-corrected chi connectivity index (χ1v) is 6.24. The van der Waals surface area contributed by atoms with Gasteiger partial charge in [0.1, 0.15) is 0 Å². The highest BCUT2D eigenvalue weighted by molar-refractivity contribution is 14.1. The van der Waals surface area contributed by atoms with E-state index in [0.717, 1.165) is 29.3 Å². The Morgan fingerprint density at radius 1 is 1.46 bits per heavy atom. The van der Waals surface area contributed by atoms with E-state index in [1.54, 1.807) is 0 Å². The van der Waals surface area contributed by atoms with E-state index in [1.165, 1.54) is 11.3 Å². The number of carbonyl (C=O) groups is 1. The molecule has 0 radical (unpaired) electrons. The smallest absolute Gasteiger partial charge is 0.161 e. The summed E-state index contributed by atoms with van der Waals surface area (Å²) < 4.78 is 3.26. The Morgan fingerprint density at radius 3 is 2.92 bits per heavy atom. The van der Waals surface area contributed by atoms with Gasteiger partial charge >= 0.3 is 0 Å². The second-order valence-corrected chi connectivity index (χ2v) is 5.62. The molecule has 0 spiro atoms. The third-order valence-electron chi connectivity index (χ3n) is 1.72. The zero-order valence-electron chi connectivity index (χ0n) is 6.38. The Bertz CT molecular complexity index is 478. The fraction of sp³-hybridized carbons (Fsp3) is 0. The predicted octanol–water partition coefficient (Wildman–Crippen LogP) is 4.08. The van der Waals surface area contributed by atoms with Crippen LogP contribution in [0.1, 0.15) is 9.67 Å². The molecule has 0 N–H and O–H groups in total. The van der Waals surface area contributed by atoms with Crippen molar-refractivity contribution in [3.8, 4) is 0 Å². The van der Waals surface area contributed by atoms with Gasteiger partial charge in [-0.1, -0.05) is 22.0 Å². The molecule has 0 aliphatic rings. The Balaban J connectivity index is 2.83. The highest BCUT2D eigenvalue weighted by Gasteiger charge is 2.08. The van der Waals surface area contributed by atoms with E-state index >= 15 is 0 Å². The molecular formula is C9H4BrIOS. The van der Waals surface area contributed by atoms with Crippen molar-refractivity contribution in [2.24, 2.45) is 0 Å². The lowest BCUT2D eigenvalue weighted by Gasteiger charge is -1.90. The molecule has 0 fully saturated rings. The summed E-state index contributed by atoms with van der Waals surface area (Å²) in [5.41, 5.74) is 0. The standard InChI is InChI=1S/C9H4BrIOS/c10-5-1-2-6-7(3-5)13-8(4-12)9(6)11/h1-4H. The summed E-state index contributed by atoms with van der Waals surface area (Å²) in [6.07, 6.45) is 0.917. The van der Waals surface area contributed by atoms with E-state index in [1.807, 2.05) is 18.2 Å². The summed E-state index contributed by atoms with van der Waals surface area (Å²) in [5, 5.41) is 1.16. The fourth-order valence-electron chi connectivity index (χ4n) is 1.13. The van der Waals surface area contributed by atoms with E-state index in [9.17, 15) is 4.79 Å². The van der Waals surface area contributed by atoms with Gasteiger partial charge in [0.05, 0.1) is 4.88 Å². The zero-order chi connectivity index (χ0) is 9.42. The molecule has 13 heavy (non-hydrogen) atoms. The summed E-state index contributed by atoms with van der Waals surface area (Å²) in [7, 11) is 0. The molecule has 0 aliphatic carbocycles. The predicted molar refractivity (Wildman–Crippen MR) is 67.6 cm³/mol. The zero-order valence-corrected chi connectivity index (χ0v) is 10.9. The lowest BCUT2D eigenvalue weighted by molar-refractivity contribution is 0.112. The first-order chi connectivity index (χ1) is 6.22. The van der Waals surface area contributed by atoms with Gasteiger partial charge in [0.15, 0.2) is 6.29 Å². The van der Waals surface area contributed by atoms with Crippen LogP contribution in [0.3, 0.4) is 0 Å². The molecule has 0 bridgehead atoms. The van der Waals surface area contributed by atoms with E-state index < -0.39 is 0 Å². The van der Waals surface area contributed by atoms with Crippen molar-refractivity contribution >= 4 is 66.2 Å². The van der Waals surface area contributed by atoms with Crippen molar-refractivity contribution in [2.75, 3.05) is 0 Å². The molecule has 1 aromatic heterocycles. The Labute approximate surface area is 101 Å². The number of carbonyl (C=O) groups excluding carboxylic acids is 1. The van der Waals surface area contributed by atoms with Crippen LogP contribution in [0.2, 0.25) is 0 Å². The second-order valence-electron chi connectivity index (χ2n) is 2.54. The molecule has 4 heteroatoms. The largest absolute Gasteiger partial charge is 0.297 e. The number of hydrogen-bond donors (Lipinski definition) is 0. The van der Waals surface area contributed by atoms with Crippen molar-refractivity contribution in [1.29, 1.82) is 0 Å². The third-order valence-corrected chi connectivity index (χ3v) is 4.82. The molecule has 66 valence electrons. The summed E-state index contributed by atoms with van der Waals surface area (Å²) in [5.74, 6) is 0. The topological polar surface area (TPSA) is 17.1 Å². The summed E-state index contributed by atoms with van der Waals surface area (Å²) in [6.45, 7) is 0. The van der Waals surface area contributed by atoms with Crippen LogP contribution in [-0.2, 0) is 0 Å². The quantitative estimate of drug-likeness (QED) is 0.549. The minimum Gasteiger partial charge on any atom is -0.297 e. The molecule has 1 heterocycles. The SMILES string of the molecule is O=Cc1sc2cc(Br)ccc2c1I. The number of hydrogen-bond acceptors (Lipinski definition) is 2. The lowest BCUT2D eigenvalue weighted by Crippen LogP contribution is -1.74. The number of halogens is 2. The van der Waals surface area contributed by atoms with Crippen LogP contribution >= 0.6 is 49.9 Å². The molecule has 0 atom stereocenters. The van der Waals surface area contributed by atoms with Crippen LogP contribution in [0.5, 0.6) is 0 Å². The normalized spacial score (nSPS) is 10.6. The van der Waals surface area contributed by atoms with E-state index in [2.05, 4.69) is 38.5 Å². The first kappa shape index (κ1) is 9.61. The van der Waals surface area contributed by atoms with Gasteiger partial charge in [0, 0.05) is 18.1 Å². The van der Waals surface area contributed by atoms with Crippen LogP contribution in [0.25, 0.3) is 10.1 Å². The number of thiophene rings is 1. The minimum absolute atomic E-state index is 0.814. The van der Waals surface area contributed by atoms with Crippen LogP contribution in [0.4, 0.5) is 0 Å². The maximum absolute atomic E-state index is 10.7. The molecule has 0 aliphatic heterocycles. The Morgan fingerprint density at radius 2 is 2.23 bits per heavy atom. The Hall–Kier alpha value is 0.0600. The van der Waals surface area contributed by atoms with Gasteiger partial charge < -0.3 is 0 Å². The molecule has 0 saturated heterocycles. The molecular weight excluding hydrogens is 363 g/mol. The van der Waals surface area contributed by atoms with E-state index in [-0.39, 0.29) is 0 Å². The van der Waals surface area contributed by atoms with Crippen LogP contribution in [-0.4, -0.2) is 6.29 Å². The van der Waals surface area contributed by atoms with Gasteiger partial charge in [-0.15, -0.1) is 11.3 Å². The molecule has 2 rings (SSSR count). The fourth-order valence-corrected chi connectivity index (χ4v) is 3.71. The number of fused-ring (bicyclic) bond motifs is 1. The van der Waals surface area contributed by atoms with Gasteiger partial charge in [0.25, 0.3) is 0 Å². The van der Waals surface area contributed by atoms with Gasteiger partial charge in [-0.3, -0.25) is 4.79 Å². The first-order valence-electron chi connectivity index (χ1n) is 3.55. The van der Waals surface area contributed by atoms with Crippen LogP contribution in [0.15, 0.2) is 22.7 Å². The lowest BCUT2D eigenvalue weighted by atomic mass is 10.2. The van der Waals surface area contributed by atoms with Gasteiger partial charge in [-0.25, -0.2) is 0 Å². The van der Waals surface area contributed by atoms with Gasteiger partial charge in [-0.05, 0) is 34.7 Å². The summed E-state index contributed by atoms with van der Waals surface area (Å²) in [4.78, 5) is 11.5. The van der Waals surface area contributed by atoms with Crippen molar-refractivity contribution in [3.63, 3.8) is 0 Å². The van der Waals surface area contributed by atoms with Crippen molar-refractivity contribution < 1.29 is 4.79 Å². The number of benzene rings is 1. The average molecular weight is 367 g/mol. The Kier molecular flexibility index (Phi) is 2.71. The molecule has 1 nitrogen and oxygen atoms in total. The summed E-state index contributed by atoms with van der Waals surface area (Å²) >= 11 is 7.15. The maximum atomic E-state index is 10.7. The molecule has 1 aromatic carbocycles. The van der Waals surface area contributed by atoms with Crippen LogP contribution < -0.4 is 0 Å². The average Bonchev–Trinajstić information content (AvgIpc) is 2.42. The highest BCUT2D eigenvalue weighted by atomic mass is 127. The van der Waals surface area contributed by atoms with Crippen molar-refractivity contribution in [3.05, 3.63) is 31.1 Å². The van der Waals surface area contributed by atoms with Crippen molar-refractivity contribution in [2.45, 2.75) is 0 Å². The summed E-state index contributed by atoms with van der Waals surface area (Å²) in [6, 6.07) is 6.06. The molecule has 2 aromatic rings. The second kappa shape index (κ2) is 3.67. The molecule has 0 saturated carbocycles. The molecule has 0 unspecified atom stereocenters. The van der Waals surface area contributed by atoms with Gasteiger partial charge in [-0.2, -0.15) is 0 Å². The third kappa shape index (κ3) is 1.67. The van der Waals surface area contributed by atoms with E-state index in [0.29, 0.717) is 0 Å². The molecule has 0 amide bonds. The maximum Gasteiger partial charge on any atom is 0.161 e. The van der Waals surface area contributed by atoms with Crippen molar-refractivity contribution in [1.82, 2.24) is 0 Å². The number of rotatable bonds is 1. The van der Waals surface area contributed by atoms with E-state index in [4.69, 9.17) is 0 Å². The minimum atomic E-state index is 0.814. The highest BCUT2D eigenvalue weighted by Crippen LogP contribution is 2.33. The number of aldehydes is 1.